The normalized spacial score (nSPS) is 15.3. The average Bonchev–Trinajstić information content (AvgIpc) is 2.55. The highest BCUT2D eigenvalue weighted by Crippen LogP contribution is 2.27. The molecule has 1 aromatic rings. The molecule has 0 spiro atoms. The second-order valence-electron chi connectivity index (χ2n) is 5.70. The van der Waals surface area contributed by atoms with Crippen molar-refractivity contribution < 1.29 is 9.66 Å². The number of nitrogens with one attached hydrogen (secondary N) is 1. The summed E-state index contributed by atoms with van der Waals surface area (Å²) in [6, 6.07) is 5.37. The highest BCUT2D eigenvalue weighted by Gasteiger charge is 2.22. The van der Waals surface area contributed by atoms with Gasteiger partial charge in [0.1, 0.15) is 5.75 Å². The number of ether oxygens (including phenoxy) is 1. The fourth-order valence-corrected chi connectivity index (χ4v) is 3.07. The van der Waals surface area contributed by atoms with E-state index in [1.807, 2.05) is 0 Å². The summed E-state index contributed by atoms with van der Waals surface area (Å²) in [7, 11) is 1.61. The molecule has 7 heteroatoms. The summed E-state index contributed by atoms with van der Waals surface area (Å²) in [6.07, 6.45) is 3.32. The third-order valence-electron chi connectivity index (χ3n) is 4.18. The molecule has 1 saturated heterocycles. The van der Waals surface area contributed by atoms with Crippen molar-refractivity contribution in [3.05, 3.63) is 33.9 Å². The van der Waals surface area contributed by atoms with E-state index < -0.39 is 0 Å². The van der Waals surface area contributed by atoms with Gasteiger partial charge in [0.25, 0.3) is 5.69 Å². The van der Waals surface area contributed by atoms with Crippen molar-refractivity contribution >= 4 is 18.1 Å². The predicted octanol–water partition coefficient (Wildman–Crippen LogP) is 2.99. The smallest absolute Gasteiger partial charge is 0.270 e. The number of halogens is 1. The number of non-ortho nitro benzene ring substituents is 1. The Morgan fingerprint density at radius 1 is 1.39 bits per heavy atom. The molecule has 0 radical (unpaired) electrons. The number of piperidine rings is 1. The topological polar surface area (TPSA) is 67.6 Å². The van der Waals surface area contributed by atoms with Crippen molar-refractivity contribution in [3.8, 4) is 5.75 Å². The lowest BCUT2D eigenvalue weighted by atomic mass is 10.0. The van der Waals surface area contributed by atoms with Crippen LogP contribution in [0.15, 0.2) is 18.2 Å². The molecule has 2 rings (SSSR count). The zero-order valence-corrected chi connectivity index (χ0v) is 14.6. The van der Waals surface area contributed by atoms with Gasteiger partial charge < -0.3 is 10.1 Å². The number of nitro groups is 1. The molecular weight excluding hydrogens is 318 g/mol. The van der Waals surface area contributed by atoms with Crippen LogP contribution in [0, 0.1) is 10.1 Å². The summed E-state index contributed by atoms with van der Waals surface area (Å²) < 4.78 is 5.38. The van der Waals surface area contributed by atoms with E-state index in [9.17, 15) is 10.1 Å². The van der Waals surface area contributed by atoms with E-state index in [0.29, 0.717) is 12.6 Å². The molecule has 1 aromatic carbocycles. The van der Waals surface area contributed by atoms with E-state index in [-0.39, 0.29) is 23.0 Å². The number of nitrogens with zero attached hydrogens (tertiary/aromatic N) is 2. The minimum atomic E-state index is -0.350. The van der Waals surface area contributed by atoms with Gasteiger partial charge in [-0.3, -0.25) is 15.0 Å². The zero-order valence-electron chi connectivity index (χ0n) is 13.8. The molecular formula is C16H26ClN3O3. The van der Waals surface area contributed by atoms with Gasteiger partial charge in [-0.05, 0) is 45.0 Å². The standard InChI is InChI=1S/C16H25N3O3.ClH/c1-3-10-18(14-6-8-17-9-7-14)12-13-11-15(19(20)21)4-5-16(13)22-2;/h4-5,11,14,17H,3,6-10,12H2,1-2H3;1H. The Bertz CT molecular complexity index is 507. The molecule has 1 heterocycles. The zero-order chi connectivity index (χ0) is 15.9. The maximum absolute atomic E-state index is 11.0. The molecule has 23 heavy (non-hydrogen) atoms. The summed E-state index contributed by atoms with van der Waals surface area (Å²) in [5, 5.41) is 14.4. The molecule has 0 aromatic heterocycles. The molecule has 1 aliphatic rings. The Hall–Kier alpha value is -1.37. The highest BCUT2D eigenvalue weighted by molar-refractivity contribution is 5.85. The second-order valence-corrected chi connectivity index (χ2v) is 5.70. The summed E-state index contributed by atoms with van der Waals surface area (Å²) in [6.45, 7) is 5.94. The van der Waals surface area contributed by atoms with Crippen LogP contribution >= 0.6 is 12.4 Å². The maximum atomic E-state index is 11.0. The van der Waals surface area contributed by atoms with E-state index >= 15 is 0 Å². The first kappa shape index (κ1) is 19.7. The molecule has 130 valence electrons. The number of benzene rings is 1. The van der Waals surface area contributed by atoms with Crippen LogP contribution in [0.5, 0.6) is 5.75 Å². The average molecular weight is 344 g/mol. The first-order chi connectivity index (χ1) is 10.7. The molecule has 1 aliphatic heterocycles. The number of nitro benzene ring substituents is 1. The van der Waals surface area contributed by atoms with Crippen LogP contribution in [0.3, 0.4) is 0 Å². The lowest BCUT2D eigenvalue weighted by Crippen LogP contribution is -2.43. The Morgan fingerprint density at radius 3 is 2.65 bits per heavy atom. The minimum Gasteiger partial charge on any atom is -0.496 e. The van der Waals surface area contributed by atoms with Gasteiger partial charge in [-0.25, -0.2) is 0 Å². The molecule has 1 N–H and O–H groups in total. The SMILES string of the molecule is CCCN(Cc1cc([N+](=O)[O-])ccc1OC)C1CCNCC1.Cl. The maximum Gasteiger partial charge on any atom is 0.270 e. The largest absolute Gasteiger partial charge is 0.496 e. The molecule has 0 bridgehead atoms. The van der Waals surface area contributed by atoms with Gasteiger partial charge in [0.2, 0.25) is 0 Å². The van der Waals surface area contributed by atoms with E-state index in [0.717, 1.165) is 50.2 Å². The molecule has 0 amide bonds. The lowest BCUT2D eigenvalue weighted by Gasteiger charge is -2.34. The first-order valence-corrected chi connectivity index (χ1v) is 7.91. The minimum absolute atomic E-state index is 0. The molecule has 0 aliphatic carbocycles. The number of hydrogen-bond acceptors (Lipinski definition) is 5. The van der Waals surface area contributed by atoms with Crippen LogP contribution in [0.4, 0.5) is 5.69 Å². The second kappa shape index (κ2) is 9.70. The fourth-order valence-electron chi connectivity index (χ4n) is 3.07. The third kappa shape index (κ3) is 5.34. The van der Waals surface area contributed by atoms with Crippen molar-refractivity contribution in [3.63, 3.8) is 0 Å². The Kier molecular flexibility index (Phi) is 8.30. The highest BCUT2D eigenvalue weighted by atomic mass is 35.5. The van der Waals surface area contributed by atoms with Crippen LogP contribution in [-0.2, 0) is 6.54 Å². The number of hydrogen-bond donors (Lipinski definition) is 1. The van der Waals surface area contributed by atoms with Gasteiger partial charge in [-0.2, -0.15) is 0 Å². The summed E-state index contributed by atoms with van der Waals surface area (Å²) in [4.78, 5) is 13.1. The van der Waals surface area contributed by atoms with Gasteiger partial charge in [-0.15, -0.1) is 12.4 Å². The number of methoxy groups -OCH3 is 1. The quantitative estimate of drug-likeness (QED) is 0.609. The molecule has 1 fully saturated rings. The van der Waals surface area contributed by atoms with Gasteiger partial charge in [0.05, 0.1) is 12.0 Å². The monoisotopic (exact) mass is 343 g/mol. The number of rotatable bonds is 7. The fraction of sp³-hybridized carbons (Fsp3) is 0.625. The summed E-state index contributed by atoms with van der Waals surface area (Å²) >= 11 is 0. The van der Waals surface area contributed by atoms with Gasteiger partial charge >= 0.3 is 0 Å². The van der Waals surface area contributed by atoms with Crippen LogP contribution < -0.4 is 10.1 Å². The molecule has 0 atom stereocenters. The van der Waals surface area contributed by atoms with Gasteiger partial charge in [0, 0.05) is 30.3 Å². The lowest BCUT2D eigenvalue weighted by molar-refractivity contribution is -0.385. The predicted molar refractivity (Wildman–Crippen MR) is 93.5 cm³/mol. The van der Waals surface area contributed by atoms with Crippen LogP contribution in [-0.4, -0.2) is 42.6 Å². The molecule has 0 saturated carbocycles. The summed E-state index contributed by atoms with van der Waals surface area (Å²) in [5.74, 6) is 0.723. The Balaban J connectivity index is 0.00000264. The van der Waals surface area contributed by atoms with E-state index in [1.54, 1.807) is 19.2 Å². The van der Waals surface area contributed by atoms with Crippen LogP contribution in [0.25, 0.3) is 0 Å². The molecule has 6 nitrogen and oxygen atoms in total. The molecule has 0 unspecified atom stereocenters. The van der Waals surface area contributed by atoms with E-state index in [1.165, 1.54) is 6.07 Å². The van der Waals surface area contributed by atoms with E-state index in [2.05, 4.69) is 17.1 Å². The Labute approximate surface area is 143 Å². The van der Waals surface area contributed by atoms with Crippen molar-refractivity contribution in [1.29, 1.82) is 0 Å². The van der Waals surface area contributed by atoms with Crippen LogP contribution in [0.1, 0.15) is 31.7 Å². The van der Waals surface area contributed by atoms with Crippen molar-refractivity contribution in [2.45, 2.75) is 38.8 Å². The van der Waals surface area contributed by atoms with E-state index in [4.69, 9.17) is 4.74 Å². The summed E-state index contributed by atoms with van der Waals surface area (Å²) in [5.41, 5.74) is 1.02. The van der Waals surface area contributed by atoms with Crippen molar-refractivity contribution in [1.82, 2.24) is 10.2 Å². The Morgan fingerprint density at radius 2 is 2.09 bits per heavy atom. The van der Waals surface area contributed by atoms with Crippen molar-refractivity contribution in [2.24, 2.45) is 0 Å². The van der Waals surface area contributed by atoms with Crippen molar-refractivity contribution in [2.75, 3.05) is 26.7 Å². The first-order valence-electron chi connectivity index (χ1n) is 7.91. The van der Waals surface area contributed by atoms with Gasteiger partial charge in [-0.1, -0.05) is 6.92 Å². The third-order valence-corrected chi connectivity index (χ3v) is 4.18. The van der Waals surface area contributed by atoms with Gasteiger partial charge in [0.15, 0.2) is 0 Å². The van der Waals surface area contributed by atoms with Crippen LogP contribution in [0.2, 0.25) is 0 Å².